The number of anilines is 2. The highest BCUT2D eigenvalue weighted by molar-refractivity contribution is 6.05. The van der Waals surface area contributed by atoms with E-state index in [1.807, 2.05) is 44.1 Å². The number of amides is 2. The van der Waals surface area contributed by atoms with Crippen LogP contribution in [-0.4, -0.2) is 58.2 Å². The van der Waals surface area contributed by atoms with Gasteiger partial charge in [0, 0.05) is 45.4 Å². The lowest BCUT2D eigenvalue weighted by molar-refractivity contribution is -0.127. The van der Waals surface area contributed by atoms with Gasteiger partial charge in [-0.2, -0.15) is 0 Å². The Morgan fingerprint density at radius 2 is 2.00 bits per heavy atom. The molecule has 3 aromatic heterocycles. The standard InChI is InChI=1S/C13H14N2O4.C8H15NO.C7H10N2/c1-2-3-11(18)15-13-10(7-17)19-9-4-8(6-16)5-14-12(9)13;1-2-3-6-9-7-4-5-8(9)10;1-6-3-4-7(8-2)9-5-6/h4-5,7,16H,2-3,6H2,1H3,(H,15,18);2-7H2,1H3;3-5H,1-2H3,(H,8,9). The van der Waals surface area contributed by atoms with Crippen molar-refractivity contribution in [2.24, 2.45) is 0 Å². The summed E-state index contributed by atoms with van der Waals surface area (Å²) < 4.78 is 5.31. The Kier molecular flexibility index (Phi) is 12.9. The monoisotopic (exact) mass is 525 g/mol. The van der Waals surface area contributed by atoms with E-state index in [-0.39, 0.29) is 24.0 Å². The van der Waals surface area contributed by atoms with Crippen LogP contribution in [0.25, 0.3) is 11.1 Å². The van der Waals surface area contributed by atoms with Crippen molar-refractivity contribution in [3.8, 4) is 0 Å². The normalized spacial score (nSPS) is 12.3. The average molecular weight is 526 g/mol. The van der Waals surface area contributed by atoms with Crippen molar-refractivity contribution in [3.63, 3.8) is 0 Å². The van der Waals surface area contributed by atoms with Crippen LogP contribution in [0.1, 0.15) is 74.1 Å². The number of aromatic nitrogens is 2. The van der Waals surface area contributed by atoms with Crippen molar-refractivity contribution in [1.29, 1.82) is 0 Å². The Hall–Kier alpha value is -3.79. The lowest BCUT2D eigenvalue weighted by Crippen LogP contribution is -2.25. The van der Waals surface area contributed by atoms with E-state index in [0.717, 1.165) is 38.2 Å². The number of carbonyl (C=O) groups excluding carboxylic acids is 3. The van der Waals surface area contributed by atoms with Gasteiger partial charge in [-0.15, -0.1) is 0 Å². The molecule has 0 atom stereocenters. The van der Waals surface area contributed by atoms with Crippen LogP contribution in [0.5, 0.6) is 0 Å². The largest absolute Gasteiger partial charge is 0.449 e. The molecule has 0 radical (unpaired) electrons. The van der Waals surface area contributed by atoms with Crippen LogP contribution in [0.4, 0.5) is 11.5 Å². The molecule has 0 aliphatic carbocycles. The maximum Gasteiger partial charge on any atom is 0.224 e. The topological polar surface area (TPSA) is 138 Å². The Morgan fingerprint density at radius 3 is 2.55 bits per heavy atom. The summed E-state index contributed by atoms with van der Waals surface area (Å²) in [6, 6.07) is 5.57. The van der Waals surface area contributed by atoms with Crippen molar-refractivity contribution in [1.82, 2.24) is 14.9 Å². The molecule has 10 nitrogen and oxygen atoms in total. The fourth-order valence-electron chi connectivity index (χ4n) is 3.66. The summed E-state index contributed by atoms with van der Waals surface area (Å²) in [7, 11) is 1.86. The van der Waals surface area contributed by atoms with Crippen molar-refractivity contribution < 1.29 is 23.9 Å². The minimum atomic E-state index is -0.193. The molecule has 3 N–H and O–H groups in total. The number of aryl methyl sites for hydroxylation is 1. The maximum absolute atomic E-state index is 11.6. The van der Waals surface area contributed by atoms with Gasteiger partial charge in [0.15, 0.2) is 17.6 Å². The highest BCUT2D eigenvalue weighted by Crippen LogP contribution is 2.29. The van der Waals surface area contributed by atoms with Gasteiger partial charge in [0.05, 0.1) is 6.61 Å². The number of pyridine rings is 2. The third kappa shape index (κ3) is 9.26. The van der Waals surface area contributed by atoms with Gasteiger partial charge in [-0.3, -0.25) is 19.4 Å². The molecule has 1 aliphatic heterocycles. The number of aliphatic hydroxyl groups is 1. The van der Waals surface area contributed by atoms with E-state index >= 15 is 0 Å². The van der Waals surface area contributed by atoms with Crippen LogP contribution in [-0.2, 0) is 16.2 Å². The first kappa shape index (κ1) is 30.4. The highest BCUT2D eigenvalue weighted by atomic mass is 16.3. The number of likely N-dealkylation sites (tertiary alicyclic amines) is 1. The number of furan rings is 1. The molecule has 206 valence electrons. The molecule has 1 saturated heterocycles. The maximum atomic E-state index is 11.6. The molecule has 4 rings (SSSR count). The van der Waals surface area contributed by atoms with E-state index in [2.05, 4.69) is 27.5 Å². The molecule has 1 aliphatic rings. The minimum Gasteiger partial charge on any atom is -0.449 e. The molecule has 3 aromatic rings. The van der Waals surface area contributed by atoms with Crippen LogP contribution >= 0.6 is 0 Å². The molecule has 4 heterocycles. The third-order valence-corrected chi connectivity index (χ3v) is 5.76. The van der Waals surface area contributed by atoms with Crippen LogP contribution in [0, 0.1) is 6.92 Å². The van der Waals surface area contributed by atoms with E-state index < -0.39 is 0 Å². The minimum absolute atomic E-state index is 0.0297. The van der Waals surface area contributed by atoms with Crippen molar-refractivity contribution >= 4 is 40.7 Å². The van der Waals surface area contributed by atoms with E-state index in [1.54, 1.807) is 6.07 Å². The zero-order valence-corrected chi connectivity index (χ0v) is 22.7. The molecule has 0 spiro atoms. The number of aliphatic hydroxyl groups excluding tert-OH is 1. The van der Waals surface area contributed by atoms with Gasteiger partial charge in [0.2, 0.25) is 11.8 Å². The Labute approximate surface area is 223 Å². The molecule has 0 aromatic carbocycles. The van der Waals surface area contributed by atoms with Gasteiger partial charge >= 0.3 is 0 Å². The number of hydrogen-bond donors (Lipinski definition) is 3. The second kappa shape index (κ2) is 16.1. The van der Waals surface area contributed by atoms with Crippen LogP contribution in [0.15, 0.2) is 35.0 Å². The summed E-state index contributed by atoms with van der Waals surface area (Å²) in [5, 5.41) is 14.6. The van der Waals surface area contributed by atoms with Crippen LogP contribution in [0.2, 0.25) is 0 Å². The molecule has 38 heavy (non-hydrogen) atoms. The predicted molar refractivity (Wildman–Crippen MR) is 148 cm³/mol. The molecular weight excluding hydrogens is 486 g/mol. The number of aldehydes is 1. The van der Waals surface area contributed by atoms with Gasteiger partial charge < -0.3 is 25.1 Å². The van der Waals surface area contributed by atoms with Crippen molar-refractivity contribution in [2.75, 3.05) is 30.8 Å². The van der Waals surface area contributed by atoms with Crippen molar-refractivity contribution in [2.45, 2.75) is 65.9 Å². The van der Waals surface area contributed by atoms with E-state index in [4.69, 9.17) is 9.52 Å². The number of rotatable bonds is 9. The number of unbranched alkanes of at least 4 members (excludes halogenated alkanes) is 1. The van der Waals surface area contributed by atoms with E-state index in [9.17, 15) is 14.4 Å². The number of nitrogens with one attached hydrogen (secondary N) is 2. The molecule has 2 amide bonds. The summed E-state index contributed by atoms with van der Waals surface area (Å²) in [6.07, 6.45) is 9.11. The Bertz CT molecular complexity index is 1180. The summed E-state index contributed by atoms with van der Waals surface area (Å²) >= 11 is 0. The van der Waals surface area contributed by atoms with Gasteiger partial charge in [-0.25, -0.2) is 4.98 Å². The average Bonchev–Trinajstić information content (AvgIpc) is 3.50. The first-order valence-corrected chi connectivity index (χ1v) is 13.0. The lowest BCUT2D eigenvalue weighted by Gasteiger charge is -2.13. The zero-order chi connectivity index (χ0) is 27.9. The predicted octanol–water partition coefficient (Wildman–Crippen LogP) is 4.71. The van der Waals surface area contributed by atoms with Gasteiger partial charge in [-0.05, 0) is 49.4 Å². The van der Waals surface area contributed by atoms with Crippen LogP contribution < -0.4 is 10.6 Å². The quantitative estimate of drug-likeness (QED) is 0.342. The molecule has 0 bridgehead atoms. The fraction of sp³-hybridized carbons (Fsp3) is 0.464. The lowest BCUT2D eigenvalue weighted by atomic mass is 10.2. The highest BCUT2D eigenvalue weighted by Gasteiger charge is 2.19. The Morgan fingerprint density at radius 1 is 1.21 bits per heavy atom. The zero-order valence-electron chi connectivity index (χ0n) is 22.7. The van der Waals surface area contributed by atoms with E-state index in [0.29, 0.717) is 41.7 Å². The molecule has 10 heteroatoms. The molecule has 0 unspecified atom stereocenters. The fourth-order valence-corrected chi connectivity index (χ4v) is 3.66. The summed E-state index contributed by atoms with van der Waals surface area (Å²) in [6.45, 7) is 7.87. The number of carbonyl (C=O) groups is 3. The summed E-state index contributed by atoms with van der Waals surface area (Å²) in [4.78, 5) is 43.8. The molecule has 1 fully saturated rings. The first-order valence-electron chi connectivity index (χ1n) is 13.0. The van der Waals surface area contributed by atoms with Gasteiger partial charge in [-0.1, -0.05) is 26.3 Å². The number of hydrogen-bond acceptors (Lipinski definition) is 8. The Balaban J connectivity index is 0.000000224. The van der Waals surface area contributed by atoms with Gasteiger partial charge in [0.25, 0.3) is 0 Å². The molecule has 0 saturated carbocycles. The van der Waals surface area contributed by atoms with Crippen molar-refractivity contribution in [3.05, 3.63) is 47.5 Å². The second-order valence-electron chi connectivity index (χ2n) is 8.91. The van der Waals surface area contributed by atoms with E-state index in [1.165, 1.54) is 18.2 Å². The van der Waals surface area contributed by atoms with Crippen LogP contribution in [0.3, 0.4) is 0 Å². The summed E-state index contributed by atoms with van der Waals surface area (Å²) in [5.41, 5.74) is 2.82. The number of nitrogens with zero attached hydrogens (tertiary/aromatic N) is 3. The smallest absolute Gasteiger partial charge is 0.224 e. The number of fused-ring (bicyclic) bond motifs is 1. The summed E-state index contributed by atoms with van der Waals surface area (Å²) in [5.74, 6) is 1.11. The molecular formula is C28H39N5O5. The SMILES string of the molecule is CCCC(=O)Nc1c(C=O)oc2cc(CO)cnc12.CCCCN1CCCC1=O.CNc1ccc(C)cn1. The van der Waals surface area contributed by atoms with Gasteiger partial charge in [0.1, 0.15) is 17.0 Å². The second-order valence-corrected chi connectivity index (χ2v) is 8.91. The first-order chi connectivity index (χ1) is 18.4. The third-order valence-electron chi connectivity index (χ3n) is 5.76.